The van der Waals surface area contributed by atoms with Crippen molar-refractivity contribution >= 4 is 23.3 Å². The van der Waals surface area contributed by atoms with Crippen LogP contribution in [0.25, 0.3) is 0 Å². The largest absolute Gasteiger partial charge is 0.417 e. The van der Waals surface area contributed by atoms with E-state index in [1.807, 2.05) is 4.90 Å². The molecule has 0 unspecified atom stereocenters. The number of rotatable bonds is 3. The molecule has 1 N–H and O–H groups in total. The van der Waals surface area contributed by atoms with Gasteiger partial charge in [0.25, 0.3) is 5.91 Å². The lowest BCUT2D eigenvalue weighted by atomic mass is 10.1. The maximum atomic E-state index is 12.6. The summed E-state index contributed by atoms with van der Waals surface area (Å²) in [6, 6.07) is 8.99. The van der Waals surface area contributed by atoms with Gasteiger partial charge in [0.1, 0.15) is 5.82 Å². The molecule has 3 rings (SSSR count). The van der Waals surface area contributed by atoms with Gasteiger partial charge in [-0.05, 0) is 36.4 Å². The van der Waals surface area contributed by atoms with Crippen LogP contribution in [0, 0.1) is 0 Å². The molecule has 1 aromatic heterocycles. The Bertz CT molecular complexity index is 843. The van der Waals surface area contributed by atoms with Crippen LogP contribution in [0.4, 0.5) is 24.7 Å². The summed E-state index contributed by atoms with van der Waals surface area (Å²) in [5, 5.41) is 2.64. The molecular weight excluding hydrogens is 373 g/mol. The topological polar surface area (TPSA) is 65.5 Å². The molecule has 1 saturated heterocycles. The monoisotopic (exact) mass is 392 g/mol. The van der Waals surface area contributed by atoms with Gasteiger partial charge in [0.15, 0.2) is 0 Å². The van der Waals surface area contributed by atoms with Crippen LogP contribution in [0.15, 0.2) is 42.6 Å². The highest BCUT2D eigenvalue weighted by Crippen LogP contribution is 2.29. The van der Waals surface area contributed by atoms with Crippen molar-refractivity contribution in [2.75, 3.05) is 36.4 Å². The summed E-state index contributed by atoms with van der Waals surface area (Å²) in [4.78, 5) is 31.1. The maximum Gasteiger partial charge on any atom is 0.417 e. The Kier molecular flexibility index (Phi) is 5.53. The first-order valence-corrected chi connectivity index (χ1v) is 8.69. The minimum Gasteiger partial charge on any atom is -0.353 e. The van der Waals surface area contributed by atoms with E-state index in [9.17, 15) is 22.8 Å². The van der Waals surface area contributed by atoms with E-state index in [1.54, 1.807) is 29.2 Å². The molecule has 148 valence electrons. The van der Waals surface area contributed by atoms with Gasteiger partial charge in [0, 0.05) is 50.6 Å². The summed E-state index contributed by atoms with van der Waals surface area (Å²) in [6.45, 7) is 3.25. The number of pyridine rings is 1. The first-order chi connectivity index (χ1) is 13.2. The van der Waals surface area contributed by atoms with Crippen LogP contribution in [0.1, 0.15) is 22.8 Å². The highest BCUT2D eigenvalue weighted by atomic mass is 19.4. The number of benzene rings is 1. The molecule has 0 spiro atoms. The van der Waals surface area contributed by atoms with E-state index in [4.69, 9.17) is 0 Å². The predicted octanol–water partition coefficient (Wildman–Crippen LogP) is 3.02. The first-order valence-electron chi connectivity index (χ1n) is 8.69. The van der Waals surface area contributed by atoms with Crippen molar-refractivity contribution in [1.29, 1.82) is 0 Å². The van der Waals surface area contributed by atoms with E-state index in [-0.39, 0.29) is 11.8 Å². The van der Waals surface area contributed by atoms with Crippen LogP contribution in [-0.2, 0) is 11.0 Å². The molecule has 2 amide bonds. The summed E-state index contributed by atoms with van der Waals surface area (Å²) < 4.78 is 37.9. The second-order valence-corrected chi connectivity index (χ2v) is 6.44. The number of nitrogens with zero attached hydrogens (tertiary/aromatic N) is 3. The number of hydrogen-bond acceptors (Lipinski definition) is 4. The minimum absolute atomic E-state index is 0.130. The second-order valence-electron chi connectivity index (χ2n) is 6.44. The van der Waals surface area contributed by atoms with Gasteiger partial charge in [-0.1, -0.05) is 0 Å². The predicted molar refractivity (Wildman–Crippen MR) is 98.1 cm³/mol. The first kappa shape index (κ1) is 19.7. The van der Waals surface area contributed by atoms with E-state index in [2.05, 4.69) is 10.3 Å². The zero-order valence-corrected chi connectivity index (χ0v) is 15.2. The van der Waals surface area contributed by atoms with Crippen molar-refractivity contribution in [3.05, 3.63) is 53.7 Å². The van der Waals surface area contributed by atoms with Crippen LogP contribution >= 0.6 is 0 Å². The van der Waals surface area contributed by atoms with Gasteiger partial charge in [0.2, 0.25) is 5.91 Å². The fourth-order valence-corrected chi connectivity index (χ4v) is 2.96. The second kappa shape index (κ2) is 7.87. The number of alkyl halides is 3. The molecule has 6 nitrogen and oxygen atoms in total. The number of carbonyl (C=O) groups is 2. The van der Waals surface area contributed by atoms with Gasteiger partial charge in [-0.15, -0.1) is 0 Å². The Labute approximate surface area is 160 Å². The van der Waals surface area contributed by atoms with Crippen LogP contribution in [-0.4, -0.2) is 47.9 Å². The van der Waals surface area contributed by atoms with Crippen molar-refractivity contribution < 1.29 is 22.8 Å². The van der Waals surface area contributed by atoms with Crippen molar-refractivity contribution in [2.24, 2.45) is 0 Å². The lowest BCUT2D eigenvalue weighted by Gasteiger charge is -2.35. The average Bonchev–Trinajstić information content (AvgIpc) is 2.67. The van der Waals surface area contributed by atoms with Crippen molar-refractivity contribution in [3.8, 4) is 0 Å². The van der Waals surface area contributed by atoms with Crippen molar-refractivity contribution in [2.45, 2.75) is 13.1 Å². The van der Waals surface area contributed by atoms with Gasteiger partial charge < -0.3 is 15.1 Å². The summed E-state index contributed by atoms with van der Waals surface area (Å²) in [6.07, 6.45) is -3.59. The molecule has 1 aliphatic heterocycles. The number of hydrogen-bond donors (Lipinski definition) is 1. The average molecular weight is 392 g/mol. The van der Waals surface area contributed by atoms with E-state index in [0.717, 1.165) is 12.3 Å². The molecule has 28 heavy (non-hydrogen) atoms. The smallest absolute Gasteiger partial charge is 0.353 e. The standard InChI is InChI=1S/C19H19F3N4O2/c1-13(27)24-16-5-2-14(3-6-16)18(28)26-10-8-25(9-11-26)17-7-4-15(12-23-17)19(20,21)22/h2-7,12H,8-11H2,1H3,(H,24,27). The SMILES string of the molecule is CC(=O)Nc1ccc(C(=O)N2CCN(c3ccc(C(F)(F)F)cn3)CC2)cc1. The summed E-state index contributed by atoms with van der Waals surface area (Å²) in [5.74, 6) is 0.140. The Balaban J connectivity index is 1.58. The lowest BCUT2D eigenvalue weighted by molar-refractivity contribution is -0.137. The van der Waals surface area contributed by atoms with Crippen LogP contribution in [0.3, 0.4) is 0 Å². The highest BCUT2D eigenvalue weighted by Gasteiger charge is 2.31. The molecule has 1 aromatic carbocycles. The molecular formula is C19H19F3N4O2. The lowest BCUT2D eigenvalue weighted by Crippen LogP contribution is -2.49. The quantitative estimate of drug-likeness (QED) is 0.872. The third-order valence-electron chi connectivity index (χ3n) is 4.42. The van der Waals surface area contributed by atoms with Crippen LogP contribution in [0.2, 0.25) is 0 Å². The number of piperazine rings is 1. The third kappa shape index (κ3) is 4.59. The Morgan fingerprint density at radius 2 is 1.64 bits per heavy atom. The number of amides is 2. The maximum absolute atomic E-state index is 12.6. The van der Waals surface area contributed by atoms with E-state index < -0.39 is 11.7 Å². The van der Waals surface area contributed by atoms with Crippen molar-refractivity contribution in [1.82, 2.24) is 9.88 Å². The number of aromatic nitrogens is 1. The normalized spacial score (nSPS) is 14.7. The zero-order chi connectivity index (χ0) is 20.3. The van der Waals surface area contributed by atoms with Crippen molar-refractivity contribution in [3.63, 3.8) is 0 Å². The summed E-state index contributed by atoms with van der Waals surface area (Å²) >= 11 is 0. The van der Waals surface area contributed by atoms with E-state index in [0.29, 0.717) is 43.2 Å². The number of carbonyl (C=O) groups excluding carboxylic acids is 2. The minimum atomic E-state index is -4.41. The number of nitrogens with one attached hydrogen (secondary N) is 1. The summed E-state index contributed by atoms with van der Waals surface area (Å²) in [5.41, 5.74) is 0.338. The third-order valence-corrected chi connectivity index (χ3v) is 4.42. The van der Waals surface area contributed by atoms with E-state index in [1.165, 1.54) is 13.0 Å². The fourth-order valence-electron chi connectivity index (χ4n) is 2.96. The molecule has 0 atom stereocenters. The van der Waals surface area contributed by atoms with Crippen LogP contribution < -0.4 is 10.2 Å². The fraction of sp³-hybridized carbons (Fsp3) is 0.316. The van der Waals surface area contributed by atoms with Gasteiger partial charge >= 0.3 is 6.18 Å². The molecule has 1 aliphatic rings. The molecule has 2 heterocycles. The highest BCUT2D eigenvalue weighted by molar-refractivity contribution is 5.95. The molecule has 0 saturated carbocycles. The Morgan fingerprint density at radius 1 is 1.00 bits per heavy atom. The van der Waals surface area contributed by atoms with E-state index >= 15 is 0 Å². The van der Waals surface area contributed by atoms with Gasteiger partial charge in [0.05, 0.1) is 5.56 Å². The number of halogens is 3. The van der Waals surface area contributed by atoms with Gasteiger partial charge in [-0.25, -0.2) is 4.98 Å². The molecule has 9 heteroatoms. The molecule has 0 bridgehead atoms. The molecule has 0 radical (unpaired) electrons. The number of anilines is 2. The Morgan fingerprint density at radius 3 is 2.14 bits per heavy atom. The molecule has 1 fully saturated rings. The zero-order valence-electron chi connectivity index (χ0n) is 15.2. The Hall–Kier alpha value is -3.10. The van der Waals surface area contributed by atoms with Crippen LogP contribution in [0.5, 0.6) is 0 Å². The molecule has 0 aliphatic carbocycles. The molecule has 2 aromatic rings. The summed E-state index contributed by atoms with van der Waals surface area (Å²) in [7, 11) is 0. The van der Waals surface area contributed by atoms with Gasteiger partial charge in [-0.3, -0.25) is 9.59 Å². The van der Waals surface area contributed by atoms with Gasteiger partial charge in [-0.2, -0.15) is 13.2 Å².